The van der Waals surface area contributed by atoms with Gasteiger partial charge in [-0.1, -0.05) is 159 Å². The number of ether oxygens (including phenoxy) is 4. The summed E-state index contributed by atoms with van der Waals surface area (Å²) in [6.07, 6.45) is 15.6. The Morgan fingerprint density at radius 1 is 0.500 bits per heavy atom. The molecule has 8 nitrogen and oxygen atoms in total. The zero-order chi connectivity index (χ0) is 39.4. The first-order valence-corrected chi connectivity index (χ1v) is 21.7. The topological polar surface area (TPSA) is 105 Å². The average molecular weight is 739 g/mol. The predicted molar refractivity (Wildman–Crippen MR) is 212 cm³/mol. The fourth-order valence-electron chi connectivity index (χ4n) is 7.71. The molecule has 0 aliphatic heterocycles. The minimum Gasteiger partial charge on any atom is -0.465 e. The minimum absolute atomic E-state index is 0.0135. The van der Waals surface area contributed by atoms with Crippen LogP contribution in [-0.2, 0) is 38.1 Å². The van der Waals surface area contributed by atoms with Gasteiger partial charge in [-0.2, -0.15) is 0 Å². The second kappa shape index (κ2) is 29.3. The van der Waals surface area contributed by atoms with Crippen molar-refractivity contribution in [1.82, 2.24) is 0 Å². The van der Waals surface area contributed by atoms with E-state index < -0.39 is 40.8 Å². The smallest absolute Gasteiger partial charge is 0.352 e. The van der Waals surface area contributed by atoms with E-state index in [4.69, 9.17) is 18.9 Å². The molecule has 0 radical (unpaired) electrons. The SMILES string of the molecule is CCCCOC(=O)C(CC(CC)CCCC)C(OC(C)=O)(C(=O)OCCCC)C(CC(CC)CCCC)(CC(CC)CCCC)C(=O)OCCCC. The van der Waals surface area contributed by atoms with E-state index in [1.807, 2.05) is 20.8 Å². The lowest BCUT2D eigenvalue weighted by Gasteiger charge is -2.51. The van der Waals surface area contributed by atoms with Gasteiger partial charge in [0.1, 0.15) is 11.3 Å². The highest BCUT2D eigenvalue weighted by atomic mass is 16.6. The highest BCUT2D eigenvalue weighted by Crippen LogP contribution is 2.55. The molecule has 52 heavy (non-hydrogen) atoms. The van der Waals surface area contributed by atoms with Crippen molar-refractivity contribution in [3.8, 4) is 0 Å². The summed E-state index contributed by atoms with van der Waals surface area (Å²) < 4.78 is 25.0. The molecule has 0 rings (SSSR count). The number of hydrogen-bond donors (Lipinski definition) is 0. The number of carbonyl (C=O) groups excluding carboxylic acids is 4. The number of esters is 4. The first-order valence-electron chi connectivity index (χ1n) is 21.7. The van der Waals surface area contributed by atoms with E-state index in [0.29, 0.717) is 19.3 Å². The van der Waals surface area contributed by atoms with E-state index in [2.05, 4.69) is 41.5 Å². The molecule has 0 heterocycles. The Bertz CT molecular complexity index is 946. The molecule has 0 saturated heterocycles. The first-order chi connectivity index (χ1) is 25.0. The fourth-order valence-corrected chi connectivity index (χ4v) is 7.71. The molecule has 0 aromatic carbocycles. The van der Waals surface area contributed by atoms with Gasteiger partial charge >= 0.3 is 23.9 Å². The van der Waals surface area contributed by atoms with Gasteiger partial charge in [-0.25, -0.2) is 4.79 Å². The Balaban J connectivity index is 8.60. The molecule has 0 aromatic heterocycles. The standard InChI is InChI=1S/C44H82O8/c1-11-20-26-36(17-7)32-39(40(46)49-29-23-14-4)44(52-35(10)45,42(48)51-31-25-16-6)43(41(47)50-30-24-15-5,33-37(18-8)27-21-12-2)34-38(19-9)28-22-13-3/h36-39H,11-34H2,1-10H3. The summed E-state index contributed by atoms with van der Waals surface area (Å²) in [5, 5.41) is 0. The molecule has 0 aromatic rings. The van der Waals surface area contributed by atoms with Crippen LogP contribution < -0.4 is 0 Å². The van der Waals surface area contributed by atoms with E-state index in [1.54, 1.807) is 0 Å². The summed E-state index contributed by atoms with van der Waals surface area (Å²) in [6, 6.07) is 0. The van der Waals surface area contributed by atoms with E-state index in [9.17, 15) is 9.59 Å². The Morgan fingerprint density at radius 2 is 0.885 bits per heavy atom. The monoisotopic (exact) mass is 739 g/mol. The van der Waals surface area contributed by atoms with Gasteiger partial charge in [0.2, 0.25) is 5.60 Å². The second-order valence-corrected chi connectivity index (χ2v) is 15.4. The summed E-state index contributed by atoms with van der Waals surface area (Å²) in [5.74, 6) is -3.91. The fraction of sp³-hybridized carbons (Fsp3) is 0.909. The molecule has 0 fully saturated rings. The van der Waals surface area contributed by atoms with E-state index >= 15 is 9.59 Å². The molecular weight excluding hydrogens is 656 g/mol. The third kappa shape index (κ3) is 16.1. The van der Waals surface area contributed by atoms with Crippen LogP contribution in [0, 0.1) is 29.1 Å². The lowest BCUT2D eigenvalue weighted by molar-refractivity contribution is -0.229. The third-order valence-electron chi connectivity index (χ3n) is 11.2. The van der Waals surface area contributed by atoms with Crippen LogP contribution >= 0.6 is 0 Å². The van der Waals surface area contributed by atoms with Crippen LogP contribution in [0.25, 0.3) is 0 Å². The zero-order valence-electron chi connectivity index (χ0n) is 35.5. The largest absolute Gasteiger partial charge is 0.465 e. The van der Waals surface area contributed by atoms with Crippen LogP contribution in [0.2, 0.25) is 0 Å². The van der Waals surface area contributed by atoms with Crippen molar-refractivity contribution in [3.63, 3.8) is 0 Å². The van der Waals surface area contributed by atoms with Crippen molar-refractivity contribution in [2.45, 2.75) is 210 Å². The van der Waals surface area contributed by atoms with Crippen LogP contribution in [0.3, 0.4) is 0 Å². The van der Waals surface area contributed by atoms with Crippen LogP contribution in [0.5, 0.6) is 0 Å². The van der Waals surface area contributed by atoms with Crippen LogP contribution in [0.1, 0.15) is 204 Å². The molecular formula is C44H82O8. The van der Waals surface area contributed by atoms with Crippen LogP contribution in [-0.4, -0.2) is 49.3 Å². The van der Waals surface area contributed by atoms with Gasteiger partial charge in [0, 0.05) is 6.92 Å². The van der Waals surface area contributed by atoms with Gasteiger partial charge in [0.05, 0.1) is 19.8 Å². The molecule has 0 saturated carbocycles. The van der Waals surface area contributed by atoms with Gasteiger partial charge in [0.25, 0.3) is 0 Å². The Hall–Kier alpha value is -2.12. The van der Waals surface area contributed by atoms with Crippen molar-refractivity contribution in [1.29, 1.82) is 0 Å². The number of unbranched alkanes of at least 4 members (excludes halogenated alkanes) is 6. The van der Waals surface area contributed by atoms with Gasteiger partial charge < -0.3 is 18.9 Å². The average Bonchev–Trinajstić information content (AvgIpc) is 3.13. The normalized spacial score (nSPS) is 16.1. The number of carbonyl (C=O) groups is 4. The van der Waals surface area contributed by atoms with Gasteiger partial charge in [-0.3, -0.25) is 14.4 Å². The quantitative estimate of drug-likeness (QED) is 0.0372. The number of hydrogen-bond acceptors (Lipinski definition) is 8. The molecule has 306 valence electrons. The maximum Gasteiger partial charge on any atom is 0.352 e. The van der Waals surface area contributed by atoms with Crippen molar-refractivity contribution in [2.75, 3.05) is 19.8 Å². The predicted octanol–water partition coefficient (Wildman–Crippen LogP) is 11.7. The molecule has 0 spiro atoms. The minimum atomic E-state index is -2.28. The Morgan fingerprint density at radius 3 is 1.27 bits per heavy atom. The van der Waals surface area contributed by atoms with Crippen molar-refractivity contribution in [2.24, 2.45) is 29.1 Å². The summed E-state index contributed by atoms with van der Waals surface area (Å²) >= 11 is 0. The molecule has 0 bridgehead atoms. The highest BCUT2D eigenvalue weighted by molar-refractivity contribution is 5.97. The highest BCUT2D eigenvalue weighted by Gasteiger charge is 2.71. The summed E-state index contributed by atoms with van der Waals surface area (Å²) in [7, 11) is 0. The zero-order valence-corrected chi connectivity index (χ0v) is 35.5. The van der Waals surface area contributed by atoms with Gasteiger partial charge in [-0.05, 0) is 56.3 Å². The lowest BCUT2D eigenvalue weighted by Crippen LogP contribution is -2.68. The van der Waals surface area contributed by atoms with Gasteiger partial charge in [-0.15, -0.1) is 0 Å². The van der Waals surface area contributed by atoms with Gasteiger partial charge in [0.15, 0.2) is 0 Å². The summed E-state index contributed by atoms with van der Waals surface area (Å²) in [5.41, 5.74) is -3.96. The van der Waals surface area contributed by atoms with Crippen LogP contribution in [0.4, 0.5) is 0 Å². The lowest BCUT2D eigenvalue weighted by atomic mass is 9.56. The van der Waals surface area contributed by atoms with E-state index in [-0.39, 0.29) is 56.8 Å². The Kier molecular flexibility index (Phi) is 28.1. The maximum atomic E-state index is 15.4. The molecule has 0 aliphatic rings. The summed E-state index contributed by atoms with van der Waals surface area (Å²) in [6.45, 7) is 20.5. The van der Waals surface area contributed by atoms with E-state index in [1.165, 1.54) is 6.92 Å². The summed E-state index contributed by atoms with van der Waals surface area (Å²) in [4.78, 5) is 59.2. The van der Waals surface area contributed by atoms with Crippen molar-refractivity contribution >= 4 is 23.9 Å². The van der Waals surface area contributed by atoms with Crippen LogP contribution in [0.15, 0.2) is 0 Å². The molecule has 0 amide bonds. The van der Waals surface area contributed by atoms with Crippen molar-refractivity contribution in [3.05, 3.63) is 0 Å². The molecule has 0 aliphatic carbocycles. The third-order valence-corrected chi connectivity index (χ3v) is 11.2. The Labute approximate surface area is 320 Å². The maximum absolute atomic E-state index is 15.4. The second-order valence-electron chi connectivity index (χ2n) is 15.4. The first kappa shape index (κ1) is 49.9. The molecule has 0 N–H and O–H groups in total. The molecule has 5 atom stereocenters. The molecule has 8 heteroatoms. The molecule has 5 unspecified atom stereocenters. The van der Waals surface area contributed by atoms with E-state index in [0.717, 1.165) is 96.3 Å². The van der Waals surface area contributed by atoms with Crippen molar-refractivity contribution < 1.29 is 38.1 Å². The number of rotatable bonds is 33.